The van der Waals surface area contributed by atoms with Gasteiger partial charge in [-0.2, -0.15) is 0 Å². The number of nitrogens with two attached hydrogens (primary N) is 1. The zero-order chi connectivity index (χ0) is 29.3. The zero-order valence-electron chi connectivity index (χ0n) is 23.2. The van der Waals surface area contributed by atoms with Gasteiger partial charge >= 0.3 is 11.8 Å². The van der Waals surface area contributed by atoms with Crippen LogP contribution < -0.4 is 16.7 Å². The Bertz CT molecular complexity index is 1730. The lowest BCUT2D eigenvalue weighted by atomic mass is 10.0. The van der Waals surface area contributed by atoms with Crippen LogP contribution in [0.15, 0.2) is 83.9 Å². The maximum absolute atomic E-state index is 14.0. The molecule has 1 aliphatic carbocycles. The first-order valence-electron chi connectivity index (χ1n) is 13.1. The molecule has 11 heteroatoms. The standard InChI is InChI=1S/C30H31N7O4/c1-30(2,3)41-29(40)35(4)22-11-8-12-23(17-22)37-26-24(25(31)32-18-33-26)36(28(37)39)21-15-13-19(14-16-21)27(38)34-20-9-6-5-7-10-20/h5-16,18,22H,17H2,1-4H3,(H,34,38)(H2,31,32,33). The van der Waals surface area contributed by atoms with Crippen molar-refractivity contribution in [3.05, 3.63) is 95.2 Å². The molecule has 0 saturated heterocycles. The Labute approximate surface area is 236 Å². The number of rotatable bonds is 5. The van der Waals surface area contributed by atoms with E-state index in [0.717, 1.165) is 0 Å². The molecule has 3 N–H and O–H groups in total. The minimum atomic E-state index is -0.640. The summed E-state index contributed by atoms with van der Waals surface area (Å²) in [7, 11) is 1.66. The molecule has 2 aromatic heterocycles. The van der Waals surface area contributed by atoms with Gasteiger partial charge in [-0.05, 0) is 63.2 Å². The molecule has 0 bridgehead atoms. The third-order valence-corrected chi connectivity index (χ3v) is 6.57. The van der Waals surface area contributed by atoms with Crippen LogP contribution in [0, 0.1) is 0 Å². The number of imidazole rings is 1. The average Bonchev–Trinajstić information content (AvgIpc) is 3.25. The number of nitrogens with one attached hydrogen (secondary N) is 1. The van der Waals surface area contributed by atoms with Crippen molar-refractivity contribution in [2.24, 2.45) is 0 Å². The number of carbonyl (C=O) groups excluding carboxylic acids is 2. The highest BCUT2D eigenvalue weighted by Crippen LogP contribution is 2.27. The Kier molecular flexibility index (Phi) is 7.19. The predicted octanol–water partition coefficient (Wildman–Crippen LogP) is 4.45. The van der Waals surface area contributed by atoms with Crippen molar-refractivity contribution in [1.29, 1.82) is 0 Å². The summed E-state index contributed by atoms with van der Waals surface area (Å²) in [6.07, 6.45) is 6.66. The molecule has 210 valence electrons. The highest BCUT2D eigenvalue weighted by atomic mass is 16.6. The lowest BCUT2D eigenvalue weighted by molar-refractivity contribution is 0.0257. The molecule has 0 aliphatic heterocycles. The fraction of sp³-hybridized carbons (Fsp3) is 0.233. The van der Waals surface area contributed by atoms with Crippen molar-refractivity contribution < 1.29 is 14.3 Å². The number of para-hydroxylation sites is 1. The number of benzene rings is 2. The zero-order valence-corrected chi connectivity index (χ0v) is 23.2. The molecule has 0 fully saturated rings. The van der Waals surface area contributed by atoms with Gasteiger partial charge in [-0.25, -0.2) is 24.1 Å². The second kappa shape index (κ2) is 10.8. The van der Waals surface area contributed by atoms with Crippen LogP contribution in [0.1, 0.15) is 37.6 Å². The van der Waals surface area contributed by atoms with Crippen molar-refractivity contribution in [1.82, 2.24) is 24.0 Å². The molecule has 1 aliphatic rings. The number of hydrogen-bond acceptors (Lipinski definition) is 7. The fourth-order valence-corrected chi connectivity index (χ4v) is 4.58. The number of fused-ring (bicyclic) bond motifs is 1. The molecule has 1 atom stereocenters. The molecular weight excluding hydrogens is 522 g/mol. The third kappa shape index (κ3) is 5.60. The van der Waals surface area contributed by atoms with E-state index < -0.39 is 17.4 Å². The van der Waals surface area contributed by atoms with Crippen LogP contribution in [0.4, 0.5) is 16.3 Å². The van der Waals surface area contributed by atoms with Crippen molar-refractivity contribution >= 4 is 40.4 Å². The molecule has 2 amide bonds. The number of carbonyl (C=O) groups is 2. The highest BCUT2D eigenvalue weighted by molar-refractivity contribution is 6.04. The quantitative estimate of drug-likeness (QED) is 0.372. The summed E-state index contributed by atoms with van der Waals surface area (Å²) in [6, 6.07) is 15.4. The van der Waals surface area contributed by atoms with Gasteiger partial charge in [0.1, 0.15) is 17.4 Å². The molecule has 4 aromatic rings. The maximum Gasteiger partial charge on any atom is 0.410 e. The second-order valence-corrected chi connectivity index (χ2v) is 10.7. The molecule has 2 aromatic carbocycles. The van der Waals surface area contributed by atoms with Crippen LogP contribution in [0.2, 0.25) is 0 Å². The van der Waals surface area contributed by atoms with E-state index in [2.05, 4.69) is 15.3 Å². The lowest BCUT2D eigenvalue weighted by Crippen LogP contribution is -2.41. The van der Waals surface area contributed by atoms with Gasteiger partial charge < -0.3 is 20.7 Å². The van der Waals surface area contributed by atoms with Crippen LogP contribution >= 0.6 is 0 Å². The summed E-state index contributed by atoms with van der Waals surface area (Å²) in [4.78, 5) is 49.4. The summed E-state index contributed by atoms with van der Waals surface area (Å²) in [5.74, 6) is -0.147. The van der Waals surface area contributed by atoms with Crippen LogP contribution in [-0.4, -0.2) is 54.7 Å². The van der Waals surface area contributed by atoms with Crippen LogP contribution in [-0.2, 0) is 4.74 Å². The molecule has 0 spiro atoms. The van der Waals surface area contributed by atoms with E-state index >= 15 is 0 Å². The Balaban J connectivity index is 1.48. The van der Waals surface area contributed by atoms with Crippen LogP contribution in [0.5, 0.6) is 0 Å². The summed E-state index contributed by atoms with van der Waals surface area (Å²) in [5, 5.41) is 2.85. The molecule has 5 rings (SSSR count). The molecule has 0 saturated carbocycles. The highest BCUT2D eigenvalue weighted by Gasteiger charge is 2.28. The van der Waals surface area contributed by atoms with Gasteiger partial charge in [0.15, 0.2) is 11.5 Å². The fourth-order valence-electron chi connectivity index (χ4n) is 4.58. The minimum Gasteiger partial charge on any atom is -0.444 e. The average molecular weight is 554 g/mol. The monoisotopic (exact) mass is 553 g/mol. The number of likely N-dealkylation sites (N-methyl/N-ethyl adjacent to an activating group) is 1. The van der Waals surface area contributed by atoms with Crippen LogP contribution in [0.25, 0.3) is 22.5 Å². The lowest BCUT2D eigenvalue weighted by Gasteiger charge is -2.30. The third-order valence-electron chi connectivity index (χ3n) is 6.57. The van der Waals surface area contributed by atoms with E-state index in [0.29, 0.717) is 40.2 Å². The number of nitrogen functional groups attached to an aromatic ring is 1. The van der Waals surface area contributed by atoms with Gasteiger partial charge in [0.25, 0.3) is 5.91 Å². The summed E-state index contributed by atoms with van der Waals surface area (Å²) in [6.45, 7) is 5.42. The minimum absolute atomic E-state index is 0.131. The first-order valence-corrected chi connectivity index (χ1v) is 13.1. The van der Waals surface area contributed by atoms with E-state index in [1.54, 1.807) is 55.6 Å². The molecule has 11 nitrogen and oxygen atoms in total. The van der Waals surface area contributed by atoms with Crippen molar-refractivity contribution in [2.45, 2.75) is 38.8 Å². The van der Waals surface area contributed by atoms with E-state index in [-0.39, 0.29) is 17.8 Å². The summed E-state index contributed by atoms with van der Waals surface area (Å²) < 4.78 is 8.42. The van der Waals surface area contributed by atoms with Gasteiger partial charge in [0, 0.05) is 30.4 Å². The van der Waals surface area contributed by atoms with E-state index in [1.807, 2.05) is 45.0 Å². The normalized spacial score (nSPS) is 14.9. The van der Waals surface area contributed by atoms with Gasteiger partial charge in [0.2, 0.25) is 0 Å². The Morgan fingerprint density at radius 2 is 1.76 bits per heavy atom. The molecular formula is C30H31N7O4. The number of amides is 2. The SMILES string of the molecule is CN(C(=O)OC(C)(C)C)C1C=CC=C(n2c(=O)n(-c3ccc(C(=O)Nc4ccccc4)cc3)c3c(N)ncnc32)C1. The molecule has 41 heavy (non-hydrogen) atoms. The second-order valence-electron chi connectivity index (χ2n) is 10.7. The smallest absolute Gasteiger partial charge is 0.410 e. The number of nitrogens with zero attached hydrogens (tertiary/aromatic N) is 5. The van der Waals surface area contributed by atoms with Gasteiger partial charge in [0.05, 0.1) is 11.7 Å². The van der Waals surface area contributed by atoms with Crippen molar-refractivity contribution in [2.75, 3.05) is 18.1 Å². The number of hydrogen-bond donors (Lipinski definition) is 2. The number of ether oxygens (including phenoxy) is 1. The topological polar surface area (TPSA) is 137 Å². The van der Waals surface area contributed by atoms with Gasteiger partial charge in [-0.1, -0.05) is 30.4 Å². The van der Waals surface area contributed by atoms with Crippen LogP contribution in [0.3, 0.4) is 0 Å². The van der Waals surface area contributed by atoms with E-state index in [9.17, 15) is 14.4 Å². The van der Waals surface area contributed by atoms with E-state index in [1.165, 1.54) is 20.4 Å². The van der Waals surface area contributed by atoms with Crippen molar-refractivity contribution in [3.63, 3.8) is 0 Å². The Hall–Kier alpha value is -5.19. The molecule has 1 unspecified atom stereocenters. The Morgan fingerprint density at radius 3 is 2.44 bits per heavy atom. The largest absolute Gasteiger partial charge is 0.444 e. The van der Waals surface area contributed by atoms with Gasteiger partial charge in [-0.3, -0.25) is 9.36 Å². The summed E-state index contributed by atoms with van der Waals surface area (Å²) in [5.41, 5.74) is 8.09. The molecule has 0 radical (unpaired) electrons. The summed E-state index contributed by atoms with van der Waals surface area (Å²) >= 11 is 0. The first kappa shape index (κ1) is 27.4. The number of aromatic nitrogens is 4. The molecule has 2 heterocycles. The van der Waals surface area contributed by atoms with Crippen molar-refractivity contribution in [3.8, 4) is 5.69 Å². The Morgan fingerprint density at radius 1 is 1.05 bits per heavy atom. The first-order chi connectivity index (χ1) is 19.5. The maximum atomic E-state index is 14.0. The number of anilines is 2. The van der Waals surface area contributed by atoms with Gasteiger partial charge in [-0.15, -0.1) is 0 Å². The van der Waals surface area contributed by atoms with E-state index in [4.69, 9.17) is 10.5 Å². The number of allylic oxidation sites excluding steroid dienone is 2. The predicted molar refractivity (Wildman–Crippen MR) is 158 cm³/mol.